The van der Waals surface area contributed by atoms with Gasteiger partial charge in [-0.3, -0.25) is 0 Å². The molecule has 2 heterocycles. The second-order valence-corrected chi connectivity index (χ2v) is 16.3. The van der Waals surface area contributed by atoms with Crippen molar-refractivity contribution < 1.29 is 4.74 Å². The van der Waals surface area contributed by atoms with Crippen molar-refractivity contribution in [1.29, 1.82) is 0 Å². The lowest BCUT2D eigenvalue weighted by molar-refractivity contribution is 0.436. The fourth-order valence-corrected chi connectivity index (χ4v) is 10.2. The van der Waals surface area contributed by atoms with Crippen LogP contribution >= 0.6 is 0 Å². The number of ether oxygens (including phenoxy) is 1. The van der Waals surface area contributed by atoms with Gasteiger partial charge in [0.05, 0.1) is 5.41 Å². The standard InChI is InChI=1S/C55H37N3O/c1-54(2)46-33-47-49(59-48-27-14-13-26-45(48)55(47)43-24-11-9-20-38(43)39-21-10-12-25-44(39)55)32-42(46)40-22-15-23-41(50(40)54)53-57-51(36-18-7-4-8-19-36)56-52(58-53)37-30-28-35(29-31-37)34-16-5-3-6-17-34/h3-33H,1-2H3. The van der Waals surface area contributed by atoms with Crippen molar-refractivity contribution in [2.45, 2.75) is 24.7 Å². The Morgan fingerprint density at radius 3 is 1.51 bits per heavy atom. The van der Waals surface area contributed by atoms with Gasteiger partial charge in [0.2, 0.25) is 0 Å². The first-order valence-electron chi connectivity index (χ1n) is 20.3. The zero-order chi connectivity index (χ0) is 39.3. The zero-order valence-corrected chi connectivity index (χ0v) is 32.6. The number of fused-ring (bicyclic) bond motifs is 12. The Morgan fingerprint density at radius 1 is 0.339 bits per heavy atom. The molecule has 0 saturated carbocycles. The molecule has 59 heavy (non-hydrogen) atoms. The third kappa shape index (κ3) is 4.80. The molecular formula is C55H37N3O. The van der Waals surface area contributed by atoms with Crippen LogP contribution in [0.3, 0.4) is 0 Å². The number of nitrogens with zero attached hydrogens (tertiary/aromatic N) is 3. The predicted octanol–water partition coefficient (Wildman–Crippen LogP) is 13.3. The number of hydrogen-bond donors (Lipinski definition) is 0. The lowest BCUT2D eigenvalue weighted by Gasteiger charge is -2.40. The van der Waals surface area contributed by atoms with E-state index >= 15 is 0 Å². The molecule has 3 aliphatic rings. The van der Waals surface area contributed by atoms with Crippen LogP contribution in [0.1, 0.15) is 47.2 Å². The molecule has 9 aromatic rings. The van der Waals surface area contributed by atoms with E-state index in [-0.39, 0.29) is 0 Å². The molecular weight excluding hydrogens is 719 g/mol. The number of rotatable bonds is 4. The third-order valence-electron chi connectivity index (χ3n) is 12.8. The van der Waals surface area contributed by atoms with Crippen molar-refractivity contribution >= 4 is 0 Å². The van der Waals surface area contributed by atoms with Crippen LogP contribution in [-0.2, 0) is 10.8 Å². The molecule has 0 amide bonds. The van der Waals surface area contributed by atoms with Crippen molar-refractivity contribution in [1.82, 2.24) is 15.0 Å². The molecule has 0 bridgehead atoms. The number of hydrogen-bond acceptors (Lipinski definition) is 4. The zero-order valence-electron chi connectivity index (χ0n) is 32.6. The molecule has 0 radical (unpaired) electrons. The summed E-state index contributed by atoms with van der Waals surface area (Å²) in [5.74, 6) is 3.71. The van der Waals surface area contributed by atoms with Crippen LogP contribution in [0.5, 0.6) is 11.5 Å². The van der Waals surface area contributed by atoms with E-state index in [9.17, 15) is 0 Å². The summed E-state index contributed by atoms with van der Waals surface area (Å²) >= 11 is 0. The van der Waals surface area contributed by atoms with Gasteiger partial charge in [0.15, 0.2) is 17.5 Å². The van der Waals surface area contributed by atoms with Crippen LogP contribution in [0.25, 0.3) is 67.5 Å². The van der Waals surface area contributed by atoms with Crippen molar-refractivity contribution in [2.75, 3.05) is 0 Å². The minimum Gasteiger partial charge on any atom is -0.457 e. The van der Waals surface area contributed by atoms with Crippen molar-refractivity contribution in [2.24, 2.45) is 0 Å². The monoisotopic (exact) mass is 755 g/mol. The van der Waals surface area contributed by atoms with Gasteiger partial charge in [0.1, 0.15) is 11.5 Å². The molecule has 1 aliphatic heterocycles. The molecule has 0 unspecified atom stereocenters. The van der Waals surface area contributed by atoms with Crippen molar-refractivity contribution in [3.8, 4) is 79.0 Å². The third-order valence-corrected chi connectivity index (χ3v) is 12.8. The maximum Gasteiger partial charge on any atom is 0.164 e. The minimum atomic E-state index is -0.538. The normalized spacial score (nSPS) is 14.3. The number of para-hydroxylation sites is 1. The summed E-state index contributed by atoms with van der Waals surface area (Å²) in [5, 5.41) is 0. The molecule has 0 N–H and O–H groups in total. The molecule has 8 aromatic carbocycles. The van der Waals surface area contributed by atoms with Gasteiger partial charge < -0.3 is 4.74 Å². The fourth-order valence-electron chi connectivity index (χ4n) is 10.2. The maximum absolute atomic E-state index is 6.95. The first-order valence-corrected chi connectivity index (χ1v) is 20.3. The molecule has 4 heteroatoms. The van der Waals surface area contributed by atoms with Gasteiger partial charge in [-0.25, -0.2) is 15.0 Å². The molecule has 0 fully saturated rings. The Kier molecular flexibility index (Phi) is 7.16. The van der Waals surface area contributed by atoms with Gasteiger partial charge >= 0.3 is 0 Å². The second-order valence-electron chi connectivity index (χ2n) is 16.3. The van der Waals surface area contributed by atoms with E-state index in [2.05, 4.69) is 178 Å². The summed E-state index contributed by atoms with van der Waals surface area (Å²) < 4.78 is 6.95. The summed E-state index contributed by atoms with van der Waals surface area (Å²) in [6.45, 7) is 4.69. The average Bonchev–Trinajstić information content (AvgIpc) is 3.71. The van der Waals surface area contributed by atoms with E-state index in [0.717, 1.165) is 33.8 Å². The molecule has 0 saturated heterocycles. The van der Waals surface area contributed by atoms with Gasteiger partial charge in [-0.15, -0.1) is 0 Å². The van der Waals surface area contributed by atoms with Crippen molar-refractivity contribution in [3.05, 3.63) is 221 Å². The molecule has 2 aliphatic carbocycles. The summed E-state index contributed by atoms with van der Waals surface area (Å²) in [6, 6.07) is 66.9. The highest BCUT2D eigenvalue weighted by atomic mass is 16.5. The van der Waals surface area contributed by atoms with E-state index in [4.69, 9.17) is 19.7 Å². The summed E-state index contributed by atoms with van der Waals surface area (Å²) in [6.07, 6.45) is 0. The van der Waals surface area contributed by atoms with E-state index in [1.54, 1.807) is 0 Å². The van der Waals surface area contributed by atoms with Crippen molar-refractivity contribution in [3.63, 3.8) is 0 Å². The Bertz CT molecular complexity index is 3110. The van der Waals surface area contributed by atoms with Gasteiger partial charge in [0.25, 0.3) is 0 Å². The second kappa shape index (κ2) is 12.5. The quantitative estimate of drug-likeness (QED) is 0.179. The predicted molar refractivity (Wildman–Crippen MR) is 237 cm³/mol. The Balaban J connectivity index is 1.05. The highest BCUT2D eigenvalue weighted by molar-refractivity contribution is 5.92. The maximum atomic E-state index is 6.95. The Hall–Kier alpha value is -7.43. The fraction of sp³-hybridized carbons (Fsp3) is 0.0727. The number of benzene rings is 8. The summed E-state index contributed by atoms with van der Waals surface area (Å²) in [4.78, 5) is 15.6. The van der Waals surface area contributed by atoms with Crippen LogP contribution in [0, 0.1) is 0 Å². The van der Waals surface area contributed by atoms with E-state index < -0.39 is 10.8 Å². The molecule has 0 atom stereocenters. The van der Waals surface area contributed by atoms with Gasteiger partial charge in [-0.2, -0.15) is 0 Å². The lowest BCUT2D eigenvalue weighted by atomic mass is 9.65. The molecule has 278 valence electrons. The first-order chi connectivity index (χ1) is 29.0. The van der Waals surface area contributed by atoms with Gasteiger partial charge in [-0.05, 0) is 73.8 Å². The first kappa shape index (κ1) is 33.7. The minimum absolute atomic E-state index is 0.400. The highest BCUT2D eigenvalue weighted by Gasteiger charge is 2.52. The molecule has 4 nitrogen and oxygen atoms in total. The largest absolute Gasteiger partial charge is 0.457 e. The summed E-state index contributed by atoms with van der Waals surface area (Å²) in [5.41, 5.74) is 16.5. The number of aromatic nitrogens is 3. The van der Waals surface area contributed by atoms with Crippen LogP contribution < -0.4 is 4.74 Å². The topological polar surface area (TPSA) is 47.9 Å². The van der Waals surface area contributed by atoms with Crippen LogP contribution in [0.2, 0.25) is 0 Å². The summed E-state index contributed by atoms with van der Waals surface area (Å²) in [7, 11) is 0. The average molecular weight is 756 g/mol. The molecule has 12 rings (SSSR count). The Labute approximate surface area is 343 Å². The highest BCUT2D eigenvalue weighted by Crippen LogP contribution is 2.64. The smallest absolute Gasteiger partial charge is 0.164 e. The molecule has 1 spiro atoms. The Morgan fingerprint density at radius 2 is 0.831 bits per heavy atom. The van der Waals surface area contributed by atoms with Crippen LogP contribution in [-0.4, -0.2) is 15.0 Å². The van der Waals surface area contributed by atoms with E-state index in [1.807, 2.05) is 24.3 Å². The van der Waals surface area contributed by atoms with E-state index in [1.165, 1.54) is 61.2 Å². The van der Waals surface area contributed by atoms with Crippen LogP contribution in [0.4, 0.5) is 0 Å². The van der Waals surface area contributed by atoms with Crippen LogP contribution in [0.15, 0.2) is 188 Å². The van der Waals surface area contributed by atoms with Gasteiger partial charge in [-0.1, -0.05) is 184 Å². The molecule has 1 aromatic heterocycles. The van der Waals surface area contributed by atoms with E-state index in [0.29, 0.717) is 17.5 Å². The van der Waals surface area contributed by atoms with Gasteiger partial charge in [0, 0.05) is 33.2 Å². The SMILES string of the molecule is CC1(C)c2cc3c(cc2-c2cccc(-c4nc(-c5ccccc5)nc(-c5ccc(-c6ccccc6)cc5)n4)c21)Oc1ccccc1C31c2ccccc2-c2ccccc21. The lowest BCUT2D eigenvalue weighted by Crippen LogP contribution is -2.32.